The van der Waals surface area contributed by atoms with Crippen LogP contribution in [0.25, 0.3) is 11.0 Å². The van der Waals surface area contributed by atoms with Gasteiger partial charge in [0, 0.05) is 12.1 Å². The minimum atomic E-state index is -4.51. The predicted molar refractivity (Wildman–Crippen MR) is 64.6 cm³/mol. The van der Waals surface area contributed by atoms with Gasteiger partial charge in [0.15, 0.2) is 0 Å². The second-order valence-electron chi connectivity index (χ2n) is 4.11. The van der Waals surface area contributed by atoms with Gasteiger partial charge < -0.3 is 10.3 Å². The van der Waals surface area contributed by atoms with Gasteiger partial charge in [-0.2, -0.15) is 13.2 Å². The van der Waals surface area contributed by atoms with Crippen molar-refractivity contribution in [3.63, 3.8) is 0 Å². The minimum absolute atomic E-state index is 0.169. The van der Waals surface area contributed by atoms with E-state index in [1.165, 1.54) is 18.2 Å². The number of amides is 1. The van der Waals surface area contributed by atoms with Crippen molar-refractivity contribution in [1.29, 1.82) is 0 Å². The Kier molecular flexibility index (Phi) is 3.46. The molecule has 2 aromatic rings. The molecule has 19 heavy (non-hydrogen) atoms. The molecule has 0 fully saturated rings. The van der Waals surface area contributed by atoms with Crippen LogP contribution in [0.15, 0.2) is 18.2 Å². The smallest absolute Gasteiger partial charge is 0.334 e. The second kappa shape index (κ2) is 4.91. The van der Waals surface area contributed by atoms with Crippen LogP contribution in [-0.2, 0) is 11.0 Å². The molecule has 7 heteroatoms. The van der Waals surface area contributed by atoms with Gasteiger partial charge in [-0.25, -0.2) is 4.98 Å². The van der Waals surface area contributed by atoms with Crippen LogP contribution in [0, 0.1) is 0 Å². The number of imidazole rings is 1. The Morgan fingerprint density at radius 2 is 2.16 bits per heavy atom. The van der Waals surface area contributed by atoms with Gasteiger partial charge in [0.1, 0.15) is 0 Å². The summed E-state index contributed by atoms with van der Waals surface area (Å²) in [5.74, 6) is -1.21. The summed E-state index contributed by atoms with van der Waals surface area (Å²) >= 11 is 0. The maximum absolute atomic E-state index is 12.5. The summed E-state index contributed by atoms with van der Waals surface area (Å²) in [4.78, 5) is 17.0. The lowest BCUT2D eigenvalue weighted by molar-refractivity contribution is -0.144. The first-order chi connectivity index (χ1) is 8.90. The van der Waals surface area contributed by atoms with Crippen LogP contribution < -0.4 is 5.32 Å². The third-order valence-corrected chi connectivity index (χ3v) is 2.51. The molecule has 0 radical (unpaired) electrons. The van der Waals surface area contributed by atoms with Crippen LogP contribution >= 0.6 is 0 Å². The average molecular weight is 271 g/mol. The van der Waals surface area contributed by atoms with Crippen LogP contribution in [0.2, 0.25) is 0 Å². The third-order valence-electron chi connectivity index (χ3n) is 2.51. The molecule has 0 atom stereocenters. The topological polar surface area (TPSA) is 57.8 Å². The molecule has 1 aromatic carbocycles. The van der Waals surface area contributed by atoms with Crippen molar-refractivity contribution in [3.05, 3.63) is 24.0 Å². The summed E-state index contributed by atoms with van der Waals surface area (Å²) in [6.07, 6.45) is -3.43. The number of halogens is 3. The minimum Gasteiger partial charge on any atom is -0.334 e. The Balaban J connectivity index is 2.28. The summed E-state index contributed by atoms with van der Waals surface area (Å²) in [6.45, 7) is 1.87. The molecule has 0 saturated heterocycles. The van der Waals surface area contributed by atoms with Crippen molar-refractivity contribution >= 4 is 22.6 Å². The van der Waals surface area contributed by atoms with E-state index in [0.717, 1.165) is 0 Å². The molecule has 1 aromatic heterocycles. The SMILES string of the molecule is CCCC(=O)Nc1ccc2nc(C(F)(F)F)[nH]c2c1. The van der Waals surface area contributed by atoms with Crippen molar-refractivity contribution in [1.82, 2.24) is 9.97 Å². The number of aromatic amines is 1. The van der Waals surface area contributed by atoms with Gasteiger partial charge in [-0.15, -0.1) is 0 Å². The molecule has 0 spiro atoms. The van der Waals surface area contributed by atoms with Gasteiger partial charge in [-0.05, 0) is 24.6 Å². The van der Waals surface area contributed by atoms with Crippen molar-refractivity contribution in [2.45, 2.75) is 25.9 Å². The van der Waals surface area contributed by atoms with E-state index in [4.69, 9.17) is 0 Å². The van der Waals surface area contributed by atoms with E-state index in [9.17, 15) is 18.0 Å². The fraction of sp³-hybridized carbons (Fsp3) is 0.333. The number of fused-ring (bicyclic) bond motifs is 1. The van der Waals surface area contributed by atoms with E-state index in [1.54, 1.807) is 0 Å². The summed E-state index contributed by atoms with van der Waals surface area (Å²) in [7, 11) is 0. The summed E-state index contributed by atoms with van der Waals surface area (Å²) in [6, 6.07) is 4.39. The van der Waals surface area contributed by atoms with Crippen molar-refractivity contribution in [2.75, 3.05) is 5.32 Å². The van der Waals surface area contributed by atoms with Gasteiger partial charge in [0.2, 0.25) is 11.7 Å². The summed E-state index contributed by atoms with van der Waals surface area (Å²) < 4.78 is 37.4. The Morgan fingerprint density at radius 1 is 1.42 bits per heavy atom. The number of aromatic nitrogens is 2. The van der Waals surface area contributed by atoms with E-state index in [1.807, 2.05) is 6.92 Å². The Labute approximate surface area is 107 Å². The number of benzene rings is 1. The number of hydrogen-bond donors (Lipinski definition) is 2. The van der Waals surface area contributed by atoms with E-state index in [0.29, 0.717) is 18.5 Å². The molecule has 2 rings (SSSR count). The van der Waals surface area contributed by atoms with Crippen LogP contribution in [0.1, 0.15) is 25.6 Å². The number of alkyl halides is 3. The average Bonchev–Trinajstić information content (AvgIpc) is 2.71. The van der Waals surface area contributed by atoms with Gasteiger partial charge >= 0.3 is 6.18 Å². The van der Waals surface area contributed by atoms with E-state index in [2.05, 4.69) is 15.3 Å². The number of rotatable bonds is 3. The maximum Gasteiger partial charge on any atom is 0.449 e. The number of H-pyrrole nitrogens is 1. The highest BCUT2D eigenvalue weighted by Gasteiger charge is 2.34. The van der Waals surface area contributed by atoms with Crippen LogP contribution in [0.5, 0.6) is 0 Å². The molecule has 0 aliphatic heterocycles. The quantitative estimate of drug-likeness (QED) is 0.899. The molecule has 0 saturated carbocycles. The molecule has 102 valence electrons. The van der Waals surface area contributed by atoms with Gasteiger partial charge in [-0.1, -0.05) is 6.92 Å². The molecule has 0 unspecified atom stereocenters. The highest BCUT2D eigenvalue weighted by molar-refractivity contribution is 5.93. The number of hydrogen-bond acceptors (Lipinski definition) is 2. The lowest BCUT2D eigenvalue weighted by Gasteiger charge is -2.03. The standard InChI is InChI=1S/C12H12F3N3O/c1-2-3-10(19)16-7-4-5-8-9(6-7)18-11(17-8)12(13,14)15/h4-6H,2-3H2,1H3,(H,16,19)(H,17,18). The number of anilines is 1. The molecule has 1 heterocycles. The fourth-order valence-corrected chi connectivity index (χ4v) is 1.67. The maximum atomic E-state index is 12.5. The van der Waals surface area contributed by atoms with Crippen LogP contribution in [0.3, 0.4) is 0 Å². The molecular weight excluding hydrogens is 259 g/mol. The zero-order chi connectivity index (χ0) is 14.0. The largest absolute Gasteiger partial charge is 0.449 e. The number of carbonyl (C=O) groups excluding carboxylic acids is 1. The van der Waals surface area contributed by atoms with Crippen molar-refractivity contribution in [2.24, 2.45) is 0 Å². The Morgan fingerprint density at radius 3 is 2.79 bits per heavy atom. The molecule has 4 nitrogen and oxygen atoms in total. The predicted octanol–water partition coefficient (Wildman–Crippen LogP) is 3.32. The first-order valence-electron chi connectivity index (χ1n) is 5.77. The zero-order valence-corrected chi connectivity index (χ0v) is 10.1. The third kappa shape index (κ3) is 3.04. The summed E-state index contributed by atoms with van der Waals surface area (Å²) in [5.41, 5.74) is 0.894. The number of nitrogens with one attached hydrogen (secondary N) is 2. The first-order valence-corrected chi connectivity index (χ1v) is 5.77. The second-order valence-corrected chi connectivity index (χ2v) is 4.11. The molecule has 2 N–H and O–H groups in total. The van der Waals surface area contributed by atoms with E-state index < -0.39 is 12.0 Å². The van der Waals surface area contributed by atoms with Crippen molar-refractivity contribution < 1.29 is 18.0 Å². The summed E-state index contributed by atoms with van der Waals surface area (Å²) in [5, 5.41) is 2.62. The highest BCUT2D eigenvalue weighted by atomic mass is 19.4. The normalized spacial score (nSPS) is 11.8. The highest BCUT2D eigenvalue weighted by Crippen LogP contribution is 2.29. The molecule has 0 aliphatic rings. The van der Waals surface area contributed by atoms with E-state index in [-0.39, 0.29) is 16.9 Å². The van der Waals surface area contributed by atoms with Gasteiger partial charge in [0.25, 0.3) is 0 Å². The number of carbonyl (C=O) groups is 1. The first kappa shape index (κ1) is 13.4. The van der Waals surface area contributed by atoms with Gasteiger partial charge in [0.05, 0.1) is 11.0 Å². The monoisotopic (exact) mass is 271 g/mol. The molecular formula is C12H12F3N3O. The lowest BCUT2D eigenvalue weighted by Crippen LogP contribution is -2.10. The Hall–Kier alpha value is -2.05. The Bertz CT molecular complexity index is 604. The molecule has 1 amide bonds. The van der Waals surface area contributed by atoms with Gasteiger partial charge in [-0.3, -0.25) is 4.79 Å². The molecule has 0 bridgehead atoms. The fourth-order valence-electron chi connectivity index (χ4n) is 1.67. The van der Waals surface area contributed by atoms with Crippen LogP contribution in [-0.4, -0.2) is 15.9 Å². The number of nitrogens with zero attached hydrogens (tertiary/aromatic N) is 1. The lowest BCUT2D eigenvalue weighted by atomic mass is 10.2. The van der Waals surface area contributed by atoms with E-state index >= 15 is 0 Å². The van der Waals surface area contributed by atoms with Crippen molar-refractivity contribution in [3.8, 4) is 0 Å². The molecule has 0 aliphatic carbocycles. The zero-order valence-electron chi connectivity index (χ0n) is 10.1. The van der Waals surface area contributed by atoms with Crippen LogP contribution in [0.4, 0.5) is 18.9 Å².